The Hall–Kier alpha value is -4.06. The molecule has 0 bridgehead atoms. The molecule has 11 heteroatoms. The van der Waals surface area contributed by atoms with Gasteiger partial charge in [-0.25, -0.2) is 19.6 Å². The van der Waals surface area contributed by atoms with E-state index in [0.29, 0.717) is 0 Å². The second-order valence-corrected chi connectivity index (χ2v) is 8.71. The maximum atomic E-state index is 13.2. The van der Waals surface area contributed by atoms with Gasteiger partial charge in [-0.15, -0.1) is 0 Å². The van der Waals surface area contributed by atoms with E-state index in [-0.39, 0.29) is 26.2 Å². The molecule has 1 heterocycles. The van der Waals surface area contributed by atoms with Crippen LogP contribution in [0.1, 0.15) is 24.5 Å². The van der Waals surface area contributed by atoms with Crippen molar-refractivity contribution in [3.63, 3.8) is 0 Å². The molecule has 0 aliphatic carbocycles. The number of rotatable bonds is 12. The van der Waals surface area contributed by atoms with Gasteiger partial charge >= 0.3 is 11.9 Å². The molecule has 1 saturated heterocycles. The third-order valence-corrected chi connectivity index (χ3v) is 5.99. The van der Waals surface area contributed by atoms with Crippen molar-refractivity contribution in [2.24, 2.45) is 0 Å². The van der Waals surface area contributed by atoms with E-state index < -0.39 is 47.7 Å². The second kappa shape index (κ2) is 14.2. The summed E-state index contributed by atoms with van der Waals surface area (Å²) in [6.07, 6.45) is -1.90. The summed E-state index contributed by atoms with van der Waals surface area (Å²) in [5.74, 6) is -3.27. The van der Waals surface area contributed by atoms with Crippen molar-refractivity contribution >= 4 is 23.8 Å². The molecule has 1 N–H and O–H groups in total. The highest BCUT2D eigenvalue weighted by Gasteiger charge is 2.49. The normalized spacial score (nSPS) is 17.1. The summed E-state index contributed by atoms with van der Waals surface area (Å²) in [7, 11) is 2.17. The number of ether oxygens (including phenoxy) is 4. The van der Waals surface area contributed by atoms with Gasteiger partial charge in [-0.3, -0.25) is 9.59 Å². The fourth-order valence-electron chi connectivity index (χ4n) is 4.19. The summed E-state index contributed by atoms with van der Waals surface area (Å²) in [5, 5.41) is 12.9. The van der Waals surface area contributed by atoms with Crippen LogP contribution in [-0.2, 0) is 51.3 Å². The summed E-state index contributed by atoms with van der Waals surface area (Å²) in [6, 6.07) is 17.5. The third kappa shape index (κ3) is 7.73. The van der Waals surface area contributed by atoms with Gasteiger partial charge in [-0.1, -0.05) is 60.7 Å². The van der Waals surface area contributed by atoms with Crippen LogP contribution in [0.15, 0.2) is 72.4 Å². The van der Waals surface area contributed by atoms with Gasteiger partial charge < -0.3 is 24.1 Å². The van der Waals surface area contributed by atoms with Gasteiger partial charge in [-0.05, 0) is 11.1 Å². The Bertz CT molecular complexity index is 1170. The Balaban J connectivity index is 1.90. The fraction of sp³-hybridized carbons (Fsp3) is 0.357. The molecule has 3 rings (SSSR count). The summed E-state index contributed by atoms with van der Waals surface area (Å²) in [4.78, 5) is 50.5. The lowest BCUT2D eigenvalue weighted by Gasteiger charge is -2.36. The molecular formula is C28H32N2O9. The molecule has 2 aromatic rings. The number of aliphatic hydroxyl groups is 1. The number of esters is 2. The number of nitrogens with zero attached hydrogens (tertiary/aromatic N) is 2. The molecule has 208 valence electrons. The first-order valence-electron chi connectivity index (χ1n) is 12.2. The van der Waals surface area contributed by atoms with Crippen LogP contribution in [0.3, 0.4) is 0 Å². The molecule has 2 aromatic carbocycles. The number of hydrazine groups is 1. The quantitative estimate of drug-likeness (QED) is 0.316. The minimum absolute atomic E-state index is 0.0690. The lowest BCUT2D eigenvalue weighted by molar-refractivity contribution is -0.165. The first kappa shape index (κ1) is 29.5. The molecule has 1 unspecified atom stereocenters. The molecule has 2 amide bonds. The number of hydrogen-bond donors (Lipinski definition) is 1. The standard InChI is InChI=1S/C28H32N2O9/c1-19(31)29-22(14-25(33)30(29)23(28(35)37-3)15-26(34)36-2)27(39-17-21-12-8-5-9-13-21)24(32)18-38-16-20-10-6-4-7-11-20/h4-13,15,22,24,27,32H,14,16-18H2,1-3H3/b23-15+/t22?,24-,27+/m1/s1. The molecule has 1 aliphatic heterocycles. The maximum Gasteiger partial charge on any atom is 0.357 e. The van der Waals surface area contributed by atoms with Crippen LogP contribution < -0.4 is 0 Å². The van der Waals surface area contributed by atoms with E-state index in [2.05, 4.69) is 4.74 Å². The molecule has 0 spiro atoms. The predicted octanol–water partition coefficient (Wildman–Crippen LogP) is 1.74. The molecule has 3 atom stereocenters. The van der Waals surface area contributed by atoms with E-state index >= 15 is 0 Å². The highest BCUT2D eigenvalue weighted by molar-refractivity contribution is 6.01. The van der Waals surface area contributed by atoms with E-state index in [9.17, 15) is 24.3 Å². The number of aliphatic hydroxyl groups excluding tert-OH is 1. The molecule has 0 aromatic heterocycles. The number of carbonyl (C=O) groups is 4. The molecule has 11 nitrogen and oxygen atoms in total. The lowest BCUT2D eigenvalue weighted by Crippen LogP contribution is -2.54. The van der Waals surface area contributed by atoms with E-state index in [1.54, 1.807) is 0 Å². The second-order valence-electron chi connectivity index (χ2n) is 8.71. The fourth-order valence-corrected chi connectivity index (χ4v) is 4.19. The number of carbonyl (C=O) groups excluding carboxylic acids is 4. The van der Waals surface area contributed by atoms with Crippen molar-refractivity contribution in [1.29, 1.82) is 0 Å². The Morgan fingerprint density at radius 3 is 2.10 bits per heavy atom. The van der Waals surface area contributed by atoms with Gasteiger partial charge in [0, 0.05) is 6.92 Å². The SMILES string of the molecule is COC(=O)/C=C(\C(=O)OC)N1C(=O)CC([C@H](OCc2ccccc2)[C@H](O)COCc2ccccc2)N1C(C)=O. The van der Waals surface area contributed by atoms with Crippen molar-refractivity contribution in [1.82, 2.24) is 10.0 Å². The van der Waals surface area contributed by atoms with Crippen LogP contribution in [0.5, 0.6) is 0 Å². The third-order valence-electron chi connectivity index (χ3n) is 5.99. The Labute approximate surface area is 226 Å². The highest BCUT2D eigenvalue weighted by Crippen LogP contribution is 2.30. The first-order chi connectivity index (χ1) is 18.8. The van der Waals surface area contributed by atoms with Gasteiger partial charge in [0.2, 0.25) is 11.8 Å². The zero-order valence-electron chi connectivity index (χ0n) is 22.0. The summed E-state index contributed by atoms with van der Waals surface area (Å²) < 4.78 is 21.2. The van der Waals surface area contributed by atoms with Crippen LogP contribution in [-0.4, -0.2) is 78.0 Å². The minimum atomic E-state index is -1.26. The van der Waals surface area contributed by atoms with Crippen LogP contribution in [0, 0.1) is 0 Å². The van der Waals surface area contributed by atoms with Gasteiger partial charge in [0.25, 0.3) is 0 Å². The van der Waals surface area contributed by atoms with Gasteiger partial charge in [0.05, 0.1) is 52.6 Å². The van der Waals surface area contributed by atoms with Crippen molar-refractivity contribution in [2.75, 3.05) is 20.8 Å². The lowest BCUT2D eigenvalue weighted by atomic mass is 10.0. The molecule has 0 radical (unpaired) electrons. The minimum Gasteiger partial charge on any atom is -0.466 e. The zero-order valence-corrected chi connectivity index (χ0v) is 22.0. The van der Waals surface area contributed by atoms with Gasteiger partial charge in [-0.2, -0.15) is 0 Å². The largest absolute Gasteiger partial charge is 0.466 e. The van der Waals surface area contributed by atoms with Crippen molar-refractivity contribution < 1.29 is 43.2 Å². The van der Waals surface area contributed by atoms with Crippen molar-refractivity contribution in [3.05, 3.63) is 83.6 Å². The van der Waals surface area contributed by atoms with Crippen LogP contribution in [0.4, 0.5) is 0 Å². The van der Waals surface area contributed by atoms with E-state index in [1.807, 2.05) is 60.7 Å². The van der Waals surface area contributed by atoms with Crippen molar-refractivity contribution in [2.45, 2.75) is 44.8 Å². The molecule has 1 aliphatic rings. The molecule has 0 saturated carbocycles. The first-order valence-corrected chi connectivity index (χ1v) is 12.2. The summed E-state index contributed by atoms with van der Waals surface area (Å²) in [6.45, 7) is 1.33. The molecule has 1 fully saturated rings. The monoisotopic (exact) mass is 540 g/mol. The Morgan fingerprint density at radius 2 is 1.56 bits per heavy atom. The average molecular weight is 541 g/mol. The van der Waals surface area contributed by atoms with Crippen molar-refractivity contribution in [3.8, 4) is 0 Å². The van der Waals surface area contributed by atoms with E-state index in [0.717, 1.165) is 41.4 Å². The molecule has 39 heavy (non-hydrogen) atoms. The average Bonchev–Trinajstić information content (AvgIpc) is 3.28. The number of amides is 2. The van der Waals surface area contributed by atoms with Crippen LogP contribution in [0.2, 0.25) is 0 Å². The summed E-state index contributed by atoms with van der Waals surface area (Å²) >= 11 is 0. The zero-order chi connectivity index (χ0) is 28.4. The smallest absolute Gasteiger partial charge is 0.357 e. The number of hydrogen-bond acceptors (Lipinski definition) is 9. The van der Waals surface area contributed by atoms with E-state index in [4.69, 9.17) is 14.2 Å². The molecular weight excluding hydrogens is 508 g/mol. The highest BCUT2D eigenvalue weighted by atomic mass is 16.5. The van der Waals surface area contributed by atoms with E-state index in [1.165, 1.54) is 6.92 Å². The summed E-state index contributed by atoms with van der Waals surface area (Å²) in [5.41, 5.74) is 1.19. The van der Waals surface area contributed by atoms with Gasteiger partial charge in [0.1, 0.15) is 12.2 Å². The van der Waals surface area contributed by atoms with Crippen LogP contribution >= 0.6 is 0 Å². The maximum absolute atomic E-state index is 13.2. The van der Waals surface area contributed by atoms with Crippen LogP contribution in [0.25, 0.3) is 0 Å². The number of methoxy groups -OCH3 is 2. The number of benzene rings is 2. The Morgan fingerprint density at radius 1 is 0.974 bits per heavy atom. The predicted molar refractivity (Wildman–Crippen MR) is 137 cm³/mol. The van der Waals surface area contributed by atoms with Gasteiger partial charge in [0.15, 0.2) is 5.70 Å². The Kier molecular flexibility index (Phi) is 10.7. The topological polar surface area (TPSA) is 132 Å².